The molecule has 1 aliphatic carbocycles. The summed E-state index contributed by atoms with van der Waals surface area (Å²) in [5.74, 6) is 0.901. The van der Waals surface area contributed by atoms with Gasteiger partial charge in [0.05, 0.1) is 0 Å². The summed E-state index contributed by atoms with van der Waals surface area (Å²) < 4.78 is 0. The van der Waals surface area contributed by atoms with E-state index in [2.05, 4.69) is 50.4 Å². The number of aryl methyl sites for hydroxylation is 1. The van der Waals surface area contributed by atoms with Gasteiger partial charge in [-0.25, -0.2) is 0 Å². The molecule has 1 amide bonds. The van der Waals surface area contributed by atoms with Crippen molar-refractivity contribution >= 4 is 5.91 Å². The Labute approximate surface area is 186 Å². The molecule has 1 fully saturated rings. The summed E-state index contributed by atoms with van der Waals surface area (Å²) in [6, 6.07) is 9.35. The smallest absolute Gasteiger partial charge is 0.219 e. The first-order valence-electron chi connectivity index (χ1n) is 11.7. The van der Waals surface area contributed by atoms with Gasteiger partial charge in [0.1, 0.15) is 0 Å². The van der Waals surface area contributed by atoms with Gasteiger partial charge in [-0.3, -0.25) is 4.79 Å². The van der Waals surface area contributed by atoms with Gasteiger partial charge in [-0.1, -0.05) is 71.4 Å². The van der Waals surface area contributed by atoms with E-state index in [4.69, 9.17) is 0 Å². The lowest BCUT2D eigenvalue weighted by Gasteiger charge is -2.20. The van der Waals surface area contributed by atoms with Gasteiger partial charge < -0.3 is 11.1 Å². The van der Waals surface area contributed by atoms with Crippen molar-refractivity contribution in [1.82, 2.24) is 11.1 Å². The van der Waals surface area contributed by atoms with Crippen molar-refractivity contribution in [2.45, 2.75) is 91.4 Å². The van der Waals surface area contributed by atoms with E-state index in [1.54, 1.807) is 12.5 Å². The third-order valence-corrected chi connectivity index (χ3v) is 5.89. The third-order valence-electron chi connectivity index (χ3n) is 5.89. The fourth-order valence-corrected chi connectivity index (χ4v) is 3.84. The fraction of sp³-hybridized carbons (Fsp3) is 0.630. The quantitative estimate of drug-likeness (QED) is 0.289. The Bertz CT molecular complexity index is 655. The van der Waals surface area contributed by atoms with Crippen LogP contribution in [0.5, 0.6) is 0 Å². The van der Waals surface area contributed by atoms with Gasteiger partial charge in [-0.2, -0.15) is 0 Å². The molecule has 3 heteroatoms. The molecule has 0 unspecified atom stereocenters. The number of nitrogens with zero attached hydrogens (tertiary/aromatic N) is 1. The van der Waals surface area contributed by atoms with Crippen LogP contribution in [0.3, 0.4) is 0 Å². The lowest BCUT2D eigenvalue weighted by molar-refractivity contribution is -0.128. The van der Waals surface area contributed by atoms with E-state index in [0.717, 1.165) is 18.9 Å². The summed E-state index contributed by atoms with van der Waals surface area (Å²) in [6.07, 6.45) is 11.8. The van der Waals surface area contributed by atoms with Crippen LogP contribution in [0.2, 0.25) is 0 Å². The molecule has 0 bridgehead atoms. The van der Waals surface area contributed by atoms with Crippen molar-refractivity contribution in [3.8, 4) is 0 Å². The van der Waals surface area contributed by atoms with Crippen molar-refractivity contribution < 1.29 is 4.79 Å². The van der Waals surface area contributed by atoms with Crippen molar-refractivity contribution in [3.05, 3.63) is 53.8 Å². The number of unbranched alkanes of at least 4 members (excludes halogenated alkanes) is 2. The van der Waals surface area contributed by atoms with Crippen molar-refractivity contribution in [2.24, 2.45) is 5.92 Å². The molecular formula is C27H46N2O. The zero-order chi connectivity index (χ0) is 21.7. The maximum absolute atomic E-state index is 11.7. The molecule has 1 saturated carbocycles. The van der Waals surface area contributed by atoms with Gasteiger partial charge in [0, 0.05) is 20.0 Å². The summed E-state index contributed by atoms with van der Waals surface area (Å²) in [7, 11) is 0. The van der Waals surface area contributed by atoms with Crippen LogP contribution in [0.1, 0.15) is 90.7 Å². The van der Waals surface area contributed by atoms with Crippen LogP contribution in [0.4, 0.5) is 0 Å². The summed E-state index contributed by atoms with van der Waals surface area (Å²) in [4.78, 5) is 13.5. The molecule has 1 aromatic carbocycles. The molecule has 0 radical (unpaired) electrons. The van der Waals surface area contributed by atoms with Crippen molar-refractivity contribution in [2.75, 3.05) is 13.1 Å². The highest BCUT2D eigenvalue weighted by Gasteiger charge is 2.43. The van der Waals surface area contributed by atoms with Crippen molar-refractivity contribution in [3.63, 3.8) is 0 Å². The maximum Gasteiger partial charge on any atom is 0.219 e. The van der Waals surface area contributed by atoms with E-state index >= 15 is 0 Å². The fourth-order valence-electron chi connectivity index (χ4n) is 3.84. The average molecular weight is 415 g/mol. The largest absolute Gasteiger partial charge is 0.344 e. The van der Waals surface area contributed by atoms with E-state index in [-0.39, 0.29) is 12.1 Å². The number of rotatable bonds is 12. The summed E-state index contributed by atoms with van der Waals surface area (Å²) in [5.41, 5.74) is 6.26. The molecule has 30 heavy (non-hydrogen) atoms. The molecule has 170 valence electrons. The van der Waals surface area contributed by atoms with Crippen molar-refractivity contribution in [1.29, 1.82) is 0 Å². The SMILES string of the molecule is C=C=CCN(CCCCCC1(c2cccc(CCC(C)C)c2)CC1)C(C)=O.CC.N. The molecule has 0 heterocycles. The predicted octanol–water partition coefficient (Wildman–Crippen LogP) is 7.25. The Kier molecular flexibility index (Phi) is 14.1. The van der Waals surface area contributed by atoms with Gasteiger partial charge in [0.15, 0.2) is 0 Å². The topological polar surface area (TPSA) is 55.3 Å². The molecule has 1 aliphatic rings. The minimum Gasteiger partial charge on any atom is -0.344 e. The molecule has 0 aliphatic heterocycles. The van der Waals surface area contributed by atoms with E-state index in [9.17, 15) is 4.79 Å². The molecule has 2 rings (SSSR count). The first kappa shape index (κ1) is 28.2. The Morgan fingerprint density at radius 3 is 2.50 bits per heavy atom. The summed E-state index contributed by atoms with van der Waals surface area (Å²) in [6.45, 7) is 15.3. The number of carbonyl (C=O) groups is 1. The van der Waals surface area contributed by atoms with Gasteiger partial charge in [0.2, 0.25) is 5.91 Å². The van der Waals surface area contributed by atoms with Gasteiger partial charge in [-0.15, -0.1) is 5.73 Å². The van der Waals surface area contributed by atoms with E-state index < -0.39 is 0 Å². The third kappa shape index (κ3) is 9.78. The number of amides is 1. The highest BCUT2D eigenvalue weighted by atomic mass is 16.2. The molecular weight excluding hydrogens is 368 g/mol. The Hall–Kier alpha value is -1.83. The number of benzene rings is 1. The predicted molar refractivity (Wildman–Crippen MR) is 131 cm³/mol. The standard InChI is InChI=1S/C25H37NO.C2H6.H3N/c1-5-6-18-26(22(4)27)19-9-7-8-15-25(16-17-25)24-12-10-11-23(20-24)14-13-21(2)3;1-2;/h6,10-12,20-21H,1,7-9,13-19H2,2-4H3;1-2H3;1H3. The van der Waals surface area contributed by atoms with E-state index in [0.29, 0.717) is 12.0 Å². The number of hydrogen-bond donors (Lipinski definition) is 1. The second-order valence-electron chi connectivity index (χ2n) is 8.60. The monoisotopic (exact) mass is 414 g/mol. The molecule has 0 spiro atoms. The molecule has 3 N–H and O–H groups in total. The summed E-state index contributed by atoms with van der Waals surface area (Å²) >= 11 is 0. The highest BCUT2D eigenvalue weighted by Crippen LogP contribution is 2.52. The van der Waals surface area contributed by atoms with Gasteiger partial charge in [-0.05, 0) is 67.1 Å². The van der Waals surface area contributed by atoms with Gasteiger partial charge in [0.25, 0.3) is 0 Å². The van der Waals surface area contributed by atoms with Crippen LogP contribution in [-0.2, 0) is 16.6 Å². The lowest BCUT2D eigenvalue weighted by atomic mass is 9.88. The van der Waals surface area contributed by atoms with Crippen LogP contribution < -0.4 is 6.15 Å². The average Bonchev–Trinajstić information content (AvgIpc) is 3.51. The van der Waals surface area contributed by atoms with Crippen LogP contribution in [0.15, 0.2) is 42.7 Å². The highest BCUT2D eigenvalue weighted by molar-refractivity contribution is 5.73. The Morgan fingerprint density at radius 1 is 1.23 bits per heavy atom. The first-order valence-corrected chi connectivity index (χ1v) is 11.7. The molecule has 3 nitrogen and oxygen atoms in total. The van der Waals surface area contributed by atoms with E-state index in [1.165, 1.54) is 50.5 Å². The van der Waals surface area contributed by atoms with Gasteiger partial charge >= 0.3 is 0 Å². The van der Waals surface area contributed by atoms with E-state index in [1.807, 2.05) is 24.8 Å². The minimum absolute atomic E-state index is 0. The zero-order valence-corrected chi connectivity index (χ0v) is 20.3. The molecule has 0 saturated heterocycles. The number of carbonyl (C=O) groups excluding carboxylic acids is 1. The second-order valence-corrected chi connectivity index (χ2v) is 8.60. The first-order chi connectivity index (χ1) is 14.0. The Balaban J connectivity index is 0.00000272. The minimum atomic E-state index is 0. The molecule has 1 aromatic rings. The van der Waals surface area contributed by atoms with Crippen LogP contribution >= 0.6 is 0 Å². The normalized spacial score (nSPS) is 13.4. The lowest BCUT2D eigenvalue weighted by Crippen LogP contribution is -2.29. The zero-order valence-electron chi connectivity index (χ0n) is 20.3. The Morgan fingerprint density at radius 2 is 1.93 bits per heavy atom. The summed E-state index contributed by atoms with van der Waals surface area (Å²) in [5, 5.41) is 0. The second kappa shape index (κ2) is 15.0. The number of hydrogen-bond acceptors (Lipinski definition) is 2. The molecule has 0 aromatic heterocycles. The molecule has 0 atom stereocenters. The maximum atomic E-state index is 11.7. The van der Waals surface area contributed by atoms with Crippen LogP contribution in [0, 0.1) is 5.92 Å². The van der Waals surface area contributed by atoms with Crippen LogP contribution in [-0.4, -0.2) is 23.9 Å². The van der Waals surface area contributed by atoms with Crippen LogP contribution in [0.25, 0.3) is 0 Å².